The Morgan fingerprint density at radius 1 is 1.47 bits per heavy atom. The SMILES string of the molecule is Cc1nc(Cl)cc(=O)n1CCc1nccn1C. The molecule has 2 rings (SSSR count). The first-order chi connectivity index (χ1) is 8.08. The van der Waals surface area contributed by atoms with Gasteiger partial charge in [0.1, 0.15) is 16.8 Å². The van der Waals surface area contributed by atoms with Crippen LogP contribution in [-0.2, 0) is 20.0 Å². The highest BCUT2D eigenvalue weighted by Gasteiger charge is 2.05. The molecule has 0 saturated carbocycles. The Morgan fingerprint density at radius 2 is 2.24 bits per heavy atom. The Hall–Kier alpha value is -1.62. The van der Waals surface area contributed by atoms with Gasteiger partial charge in [-0.25, -0.2) is 9.97 Å². The van der Waals surface area contributed by atoms with E-state index < -0.39 is 0 Å². The van der Waals surface area contributed by atoms with Gasteiger partial charge in [0, 0.05) is 38.5 Å². The van der Waals surface area contributed by atoms with E-state index in [2.05, 4.69) is 9.97 Å². The van der Waals surface area contributed by atoms with Crippen molar-refractivity contribution in [3.63, 3.8) is 0 Å². The van der Waals surface area contributed by atoms with Gasteiger partial charge in [0.25, 0.3) is 5.56 Å². The van der Waals surface area contributed by atoms with Crippen LogP contribution in [0.2, 0.25) is 5.15 Å². The van der Waals surface area contributed by atoms with Crippen LogP contribution in [-0.4, -0.2) is 19.1 Å². The molecular weight excluding hydrogens is 240 g/mol. The lowest BCUT2D eigenvalue weighted by Gasteiger charge is -2.08. The Labute approximate surface area is 104 Å². The average Bonchev–Trinajstić information content (AvgIpc) is 2.62. The third-order valence-corrected chi connectivity index (χ3v) is 2.84. The second kappa shape index (κ2) is 4.71. The van der Waals surface area contributed by atoms with E-state index >= 15 is 0 Å². The molecule has 2 aromatic rings. The predicted molar refractivity (Wildman–Crippen MR) is 65.2 cm³/mol. The lowest BCUT2D eigenvalue weighted by molar-refractivity contribution is 0.603. The molecule has 90 valence electrons. The van der Waals surface area contributed by atoms with Crippen LogP contribution in [0.5, 0.6) is 0 Å². The van der Waals surface area contributed by atoms with Crippen LogP contribution in [0.1, 0.15) is 11.6 Å². The summed E-state index contributed by atoms with van der Waals surface area (Å²) in [6.07, 6.45) is 4.31. The van der Waals surface area contributed by atoms with Crippen molar-refractivity contribution in [3.8, 4) is 0 Å². The largest absolute Gasteiger partial charge is 0.338 e. The van der Waals surface area contributed by atoms with Crippen molar-refractivity contribution in [2.24, 2.45) is 7.05 Å². The number of hydrogen-bond donors (Lipinski definition) is 0. The minimum Gasteiger partial charge on any atom is -0.338 e. The zero-order valence-electron chi connectivity index (χ0n) is 9.72. The summed E-state index contributed by atoms with van der Waals surface area (Å²) in [5.41, 5.74) is -0.128. The van der Waals surface area contributed by atoms with E-state index in [-0.39, 0.29) is 10.7 Å². The minimum atomic E-state index is -0.128. The van der Waals surface area contributed by atoms with Crippen LogP contribution < -0.4 is 5.56 Å². The van der Waals surface area contributed by atoms with Gasteiger partial charge < -0.3 is 4.57 Å². The van der Waals surface area contributed by atoms with Crippen molar-refractivity contribution in [2.75, 3.05) is 0 Å². The van der Waals surface area contributed by atoms with Gasteiger partial charge in [-0.15, -0.1) is 0 Å². The van der Waals surface area contributed by atoms with Crippen LogP contribution in [0.4, 0.5) is 0 Å². The monoisotopic (exact) mass is 252 g/mol. The van der Waals surface area contributed by atoms with Gasteiger partial charge in [0.05, 0.1) is 0 Å². The van der Waals surface area contributed by atoms with Crippen molar-refractivity contribution in [3.05, 3.63) is 45.6 Å². The quantitative estimate of drug-likeness (QED) is 0.771. The number of aromatic nitrogens is 4. The Morgan fingerprint density at radius 3 is 2.82 bits per heavy atom. The second-order valence-electron chi connectivity index (χ2n) is 3.82. The highest BCUT2D eigenvalue weighted by atomic mass is 35.5. The Kier molecular flexibility index (Phi) is 3.28. The summed E-state index contributed by atoms with van der Waals surface area (Å²) in [4.78, 5) is 20.0. The molecule has 0 amide bonds. The van der Waals surface area contributed by atoms with Crippen molar-refractivity contribution >= 4 is 11.6 Å². The van der Waals surface area contributed by atoms with Crippen LogP contribution in [0, 0.1) is 6.92 Å². The van der Waals surface area contributed by atoms with Gasteiger partial charge in [-0.3, -0.25) is 9.36 Å². The molecule has 0 aliphatic rings. The minimum absolute atomic E-state index is 0.128. The van der Waals surface area contributed by atoms with Gasteiger partial charge in [-0.1, -0.05) is 11.6 Å². The molecule has 6 heteroatoms. The molecule has 0 saturated heterocycles. The lowest BCUT2D eigenvalue weighted by atomic mass is 10.4. The zero-order valence-corrected chi connectivity index (χ0v) is 10.5. The Bertz CT molecular complexity index is 587. The molecule has 0 N–H and O–H groups in total. The summed E-state index contributed by atoms with van der Waals surface area (Å²) in [6.45, 7) is 2.32. The lowest BCUT2D eigenvalue weighted by Crippen LogP contribution is -2.24. The molecule has 0 atom stereocenters. The second-order valence-corrected chi connectivity index (χ2v) is 4.21. The van der Waals surface area contributed by atoms with Gasteiger partial charge in [0.2, 0.25) is 0 Å². The fraction of sp³-hybridized carbons (Fsp3) is 0.364. The molecule has 0 aromatic carbocycles. The van der Waals surface area contributed by atoms with E-state index in [4.69, 9.17) is 11.6 Å². The van der Waals surface area contributed by atoms with E-state index in [9.17, 15) is 4.79 Å². The zero-order chi connectivity index (χ0) is 12.4. The van der Waals surface area contributed by atoms with E-state index in [1.54, 1.807) is 17.7 Å². The maximum absolute atomic E-state index is 11.7. The molecule has 17 heavy (non-hydrogen) atoms. The first-order valence-electron chi connectivity index (χ1n) is 5.28. The van der Waals surface area contributed by atoms with Crippen molar-refractivity contribution in [2.45, 2.75) is 19.9 Å². The van der Waals surface area contributed by atoms with Crippen molar-refractivity contribution in [1.82, 2.24) is 19.1 Å². The molecule has 0 bridgehead atoms. The number of nitrogens with zero attached hydrogens (tertiary/aromatic N) is 4. The number of aryl methyl sites for hydroxylation is 3. The highest BCUT2D eigenvalue weighted by molar-refractivity contribution is 6.29. The van der Waals surface area contributed by atoms with Crippen molar-refractivity contribution < 1.29 is 0 Å². The molecular formula is C11H13ClN4O. The average molecular weight is 253 g/mol. The number of imidazole rings is 1. The summed E-state index contributed by atoms with van der Waals surface area (Å²) in [5.74, 6) is 1.56. The van der Waals surface area contributed by atoms with E-state index in [0.29, 0.717) is 18.8 Å². The fourth-order valence-electron chi connectivity index (χ4n) is 1.71. The van der Waals surface area contributed by atoms with Crippen LogP contribution in [0.25, 0.3) is 0 Å². The van der Waals surface area contributed by atoms with Gasteiger partial charge >= 0.3 is 0 Å². The molecule has 0 fully saturated rings. The molecule has 2 heterocycles. The van der Waals surface area contributed by atoms with E-state index in [0.717, 1.165) is 5.82 Å². The third kappa shape index (κ3) is 2.55. The first kappa shape index (κ1) is 11.9. The molecule has 5 nitrogen and oxygen atoms in total. The molecule has 2 aromatic heterocycles. The maximum atomic E-state index is 11.7. The van der Waals surface area contributed by atoms with Crippen LogP contribution in [0.15, 0.2) is 23.3 Å². The Balaban J connectivity index is 2.20. The molecule has 0 unspecified atom stereocenters. The summed E-state index contributed by atoms with van der Waals surface area (Å²) >= 11 is 5.71. The smallest absolute Gasteiger partial charge is 0.254 e. The topological polar surface area (TPSA) is 52.7 Å². The number of rotatable bonds is 3. The summed E-state index contributed by atoms with van der Waals surface area (Å²) in [5, 5.41) is 0.237. The summed E-state index contributed by atoms with van der Waals surface area (Å²) in [7, 11) is 1.93. The van der Waals surface area contributed by atoms with E-state index in [1.165, 1.54) is 6.07 Å². The molecule has 0 spiro atoms. The molecule has 0 aliphatic heterocycles. The molecule has 0 radical (unpaired) electrons. The number of hydrogen-bond acceptors (Lipinski definition) is 3. The van der Waals surface area contributed by atoms with E-state index in [1.807, 2.05) is 17.8 Å². The van der Waals surface area contributed by atoms with Gasteiger partial charge in [-0.05, 0) is 6.92 Å². The van der Waals surface area contributed by atoms with Gasteiger partial charge in [0.15, 0.2) is 0 Å². The molecule has 0 aliphatic carbocycles. The van der Waals surface area contributed by atoms with Crippen LogP contribution >= 0.6 is 11.6 Å². The van der Waals surface area contributed by atoms with Gasteiger partial charge in [-0.2, -0.15) is 0 Å². The van der Waals surface area contributed by atoms with Crippen molar-refractivity contribution in [1.29, 1.82) is 0 Å². The standard InChI is InChI=1S/C11H13ClN4O/c1-8-14-9(12)7-11(17)16(8)5-3-10-13-4-6-15(10)2/h4,6-7H,3,5H2,1-2H3. The van der Waals surface area contributed by atoms with Crippen LogP contribution in [0.3, 0.4) is 0 Å². The first-order valence-corrected chi connectivity index (χ1v) is 5.66. The summed E-state index contributed by atoms with van der Waals surface area (Å²) < 4.78 is 3.53. The summed E-state index contributed by atoms with van der Waals surface area (Å²) in [6, 6.07) is 1.33. The number of halogens is 1. The maximum Gasteiger partial charge on any atom is 0.254 e. The normalized spacial score (nSPS) is 10.8. The third-order valence-electron chi connectivity index (χ3n) is 2.65. The predicted octanol–water partition coefficient (Wildman–Crippen LogP) is 1.18. The highest BCUT2D eigenvalue weighted by Crippen LogP contribution is 2.03. The fourth-order valence-corrected chi connectivity index (χ4v) is 1.92.